The molecule has 0 aromatic rings. The first-order valence-electron chi connectivity index (χ1n) is 3.79. The van der Waals surface area contributed by atoms with Gasteiger partial charge in [-0.25, -0.2) is 0 Å². The fraction of sp³-hybridized carbons (Fsp3) is 1.00. The van der Waals surface area contributed by atoms with E-state index in [9.17, 15) is 0 Å². The highest BCUT2D eigenvalue weighted by atomic mass is 28.2. The Morgan fingerprint density at radius 1 is 1.40 bits per heavy atom. The second-order valence-corrected chi connectivity index (χ2v) is 2.65. The molecule has 0 saturated carbocycles. The van der Waals surface area contributed by atoms with Gasteiger partial charge < -0.3 is 9.33 Å². The normalized spacial score (nSPS) is 14.1. The van der Waals surface area contributed by atoms with Gasteiger partial charge in [-0.3, -0.25) is 0 Å². The highest BCUT2D eigenvalue weighted by Gasteiger charge is 2.03. The molecule has 2 nitrogen and oxygen atoms in total. The monoisotopic (exact) mass is 158 g/mol. The standard InChI is InChI=1S/C7H16NOSi/c1-4-8(5-2)6-7(3)9-10/h7H,4-6H2,1-3H3. The van der Waals surface area contributed by atoms with Crippen molar-refractivity contribution in [1.82, 2.24) is 4.90 Å². The Hall–Kier alpha value is 0.137. The lowest BCUT2D eigenvalue weighted by Crippen LogP contribution is -2.31. The molecule has 1 unspecified atom stereocenters. The minimum absolute atomic E-state index is 0.275. The highest BCUT2D eigenvalue weighted by Crippen LogP contribution is 1.93. The van der Waals surface area contributed by atoms with Crippen molar-refractivity contribution in [2.45, 2.75) is 26.9 Å². The second-order valence-electron chi connectivity index (χ2n) is 2.41. The van der Waals surface area contributed by atoms with Gasteiger partial charge in [0.15, 0.2) is 0 Å². The van der Waals surface area contributed by atoms with Crippen molar-refractivity contribution in [2.75, 3.05) is 19.6 Å². The molecule has 0 bridgehead atoms. The summed E-state index contributed by atoms with van der Waals surface area (Å²) in [4.78, 5) is 2.32. The van der Waals surface area contributed by atoms with Crippen LogP contribution in [0.3, 0.4) is 0 Å². The lowest BCUT2D eigenvalue weighted by molar-refractivity contribution is 0.164. The molecule has 0 heterocycles. The predicted octanol–water partition coefficient (Wildman–Crippen LogP) is 0.817. The summed E-state index contributed by atoms with van der Waals surface area (Å²) in [6, 6.07) is 0. The molecule has 0 N–H and O–H groups in total. The Bertz CT molecular complexity index is 76.0. The van der Waals surface area contributed by atoms with Crippen molar-refractivity contribution < 1.29 is 4.43 Å². The average molecular weight is 158 g/mol. The molecule has 0 aliphatic carbocycles. The van der Waals surface area contributed by atoms with Crippen molar-refractivity contribution in [3.05, 3.63) is 0 Å². The summed E-state index contributed by atoms with van der Waals surface area (Å²) < 4.78 is 4.95. The van der Waals surface area contributed by atoms with Gasteiger partial charge in [0.05, 0.1) is 6.10 Å². The molecule has 10 heavy (non-hydrogen) atoms. The van der Waals surface area contributed by atoms with Gasteiger partial charge in [-0.1, -0.05) is 13.8 Å². The maximum absolute atomic E-state index is 4.95. The van der Waals surface area contributed by atoms with Crippen molar-refractivity contribution >= 4 is 10.5 Å². The van der Waals surface area contributed by atoms with Gasteiger partial charge in [0, 0.05) is 6.54 Å². The highest BCUT2D eigenvalue weighted by molar-refractivity contribution is 5.98. The molecule has 0 aliphatic heterocycles. The van der Waals surface area contributed by atoms with Crippen LogP contribution in [0, 0.1) is 0 Å². The zero-order valence-electron chi connectivity index (χ0n) is 7.05. The van der Waals surface area contributed by atoms with Crippen molar-refractivity contribution in [1.29, 1.82) is 0 Å². The maximum atomic E-state index is 4.95. The molecule has 1 atom stereocenters. The Kier molecular flexibility index (Phi) is 5.97. The summed E-state index contributed by atoms with van der Waals surface area (Å²) in [6.07, 6.45) is 0.275. The van der Waals surface area contributed by atoms with E-state index < -0.39 is 0 Å². The summed E-state index contributed by atoms with van der Waals surface area (Å²) in [6.45, 7) is 9.54. The van der Waals surface area contributed by atoms with E-state index in [1.54, 1.807) is 0 Å². The molecule has 0 aliphatic rings. The molecule has 0 rings (SSSR count). The third kappa shape index (κ3) is 4.03. The minimum Gasteiger partial charge on any atom is -0.415 e. The molecule has 0 aromatic heterocycles. The minimum atomic E-state index is 0.275. The zero-order chi connectivity index (χ0) is 7.98. The largest absolute Gasteiger partial charge is 0.415 e. The van der Waals surface area contributed by atoms with Crippen molar-refractivity contribution in [3.63, 3.8) is 0 Å². The molecule has 0 saturated heterocycles. The zero-order valence-corrected chi connectivity index (χ0v) is 8.05. The van der Waals surface area contributed by atoms with E-state index in [1.165, 1.54) is 0 Å². The van der Waals surface area contributed by atoms with E-state index in [0.717, 1.165) is 19.6 Å². The third-order valence-electron chi connectivity index (χ3n) is 1.61. The van der Waals surface area contributed by atoms with E-state index in [4.69, 9.17) is 4.43 Å². The summed E-state index contributed by atoms with van der Waals surface area (Å²) in [7, 11) is 3.02. The SMILES string of the molecule is CCN(CC)CC(C)O[Si]. The Morgan fingerprint density at radius 3 is 2.20 bits per heavy atom. The van der Waals surface area contributed by atoms with Crippen LogP contribution in [0.4, 0.5) is 0 Å². The third-order valence-corrected chi connectivity index (χ3v) is 2.01. The van der Waals surface area contributed by atoms with Crippen LogP contribution in [0.15, 0.2) is 0 Å². The second kappa shape index (κ2) is 5.89. The summed E-state index contributed by atoms with van der Waals surface area (Å²) >= 11 is 0. The first-order chi connectivity index (χ1) is 4.74. The molecular weight excluding hydrogens is 142 g/mol. The van der Waals surface area contributed by atoms with Crippen molar-refractivity contribution in [2.24, 2.45) is 0 Å². The molecule has 0 amide bonds. The van der Waals surface area contributed by atoms with Gasteiger partial charge in [0.25, 0.3) is 0 Å². The van der Waals surface area contributed by atoms with Crippen LogP contribution in [0.1, 0.15) is 20.8 Å². The van der Waals surface area contributed by atoms with Crippen LogP contribution in [0.5, 0.6) is 0 Å². The summed E-state index contributed by atoms with van der Waals surface area (Å²) in [5, 5.41) is 0. The molecule has 3 radical (unpaired) electrons. The van der Waals surface area contributed by atoms with Crippen LogP contribution in [0.25, 0.3) is 0 Å². The lowest BCUT2D eigenvalue weighted by atomic mass is 10.3. The van der Waals surface area contributed by atoms with E-state index >= 15 is 0 Å². The topological polar surface area (TPSA) is 12.5 Å². The van der Waals surface area contributed by atoms with Crippen molar-refractivity contribution in [3.8, 4) is 0 Å². The summed E-state index contributed by atoms with van der Waals surface area (Å²) in [5.74, 6) is 0. The van der Waals surface area contributed by atoms with Crippen LogP contribution in [-0.2, 0) is 4.43 Å². The fourth-order valence-corrected chi connectivity index (χ4v) is 0.957. The molecule has 0 aromatic carbocycles. The number of rotatable bonds is 5. The maximum Gasteiger partial charge on any atom is 0.246 e. The molecule has 0 spiro atoms. The fourth-order valence-electron chi connectivity index (χ4n) is 0.883. The smallest absolute Gasteiger partial charge is 0.246 e. The number of nitrogens with zero attached hydrogens (tertiary/aromatic N) is 1. The number of likely N-dealkylation sites (N-methyl/N-ethyl adjacent to an activating group) is 1. The molecule has 0 fully saturated rings. The van der Waals surface area contributed by atoms with E-state index in [1.807, 2.05) is 6.92 Å². The number of hydrogen-bond donors (Lipinski definition) is 0. The van der Waals surface area contributed by atoms with Crippen LogP contribution in [0.2, 0.25) is 0 Å². The van der Waals surface area contributed by atoms with Gasteiger partial charge in [-0.05, 0) is 20.0 Å². The molecule has 3 heteroatoms. The van der Waals surface area contributed by atoms with Gasteiger partial charge in [0.1, 0.15) is 0 Å². The van der Waals surface area contributed by atoms with E-state index in [-0.39, 0.29) is 6.10 Å². The summed E-state index contributed by atoms with van der Waals surface area (Å²) in [5.41, 5.74) is 0. The first kappa shape index (κ1) is 10.1. The predicted molar refractivity (Wildman–Crippen MR) is 44.1 cm³/mol. The average Bonchev–Trinajstić information content (AvgIpc) is 1.99. The van der Waals surface area contributed by atoms with Gasteiger partial charge in [-0.15, -0.1) is 0 Å². The first-order valence-corrected chi connectivity index (χ1v) is 4.20. The van der Waals surface area contributed by atoms with Crippen LogP contribution in [-0.4, -0.2) is 41.1 Å². The number of hydrogen-bond acceptors (Lipinski definition) is 2. The van der Waals surface area contributed by atoms with Gasteiger partial charge in [0.2, 0.25) is 10.5 Å². The quantitative estimate of drug-likeness (QED) is 0.549. The van der Waals surface area contributed by atoms with E-state index in [2.05, 4.69) is 29.2 Å². The van der Waals surface area contributed by atoms with Crippen LogP contribution >= 0.6 is 0 Å². The Morgan fingerprint density at radius 2 is 1.90 bits per heavy atom. The Labute approximate surface area is 67.1 Å². The molecule has 59 valence electrons. The van der Waals surface area contributed by atoms with Gasteiger partial charge in [-0.2, -0.15) is 0 Å². The Balaban J connectivity index is 3.41. The van der Waals surface area contributed by atoms with Gasteiger partial charge >= 0.3 is 0 Å². The van der Waals surface area contributed by atoms with E-state index in [0.29, 0.717) is 0 Å². The lowest BCUT2D eigenvalue weighted by Gasteiger charge is -2.21. The molecular formula is C7H16NOSi. The van der Waals surface area contributed by atoms with Crippen LogP contribution < -0.4 is 0 Å².